The average Bonchev–Trinajstić information content (AvgIpc) is 2.38. The van der Waals surface area contributed by atoms with E-state index in [2.05, 4.69) is 41.3 Å². The summed E-state index contributed by atoms with van der Waals surface area (Å²) in [5, 5.41) is 0. The van der Waals surface area contributed by atoms with Gasteiger partial charge in [-0.2, -0.15) is 0 Å². The Labute approximate surface area is 122 Å². The summed E-state index contributed by atoms with van der Waals surface area (Å²) >= 11 is 2.23. The van der Waals surface area contributed by atoms with Gasteiger partial charge in [-0.3, -0.25) is 9.69 Å². The second kappa shape index (κ2) is 6.02. The Bertz CT molecular complexity index is 426. The lowest BCUT2D eigenvalue weighted by molar-refractivity contribution is 0.0594. The fourth-order valence-corrected chi connectivity index (χ4v) is 2.86. The van der Waals surface area contributed by atoms with Crippen LogP contribution in [0.1, 0.15) is 24.2 Å². The van der Waals surface area contributed by atoms with Crippen LogP contribution in [-0.4, -0.2) is 47.9 Å². The van der Waals surface area contributed by atoms with Crippen molar-refractivity contribution in [3.63, 3.8) is 0 Å². The van der Waals surface area contributed by atoms with Crippen LogP contribution in [0.15, 0.2) is 24.3 Å². The standard InChI is InChI=1S/C14H19IN2O/c1-11(2)16-7-9-17(10-8-16)14(18)12-5-3-4-6-13(12)15/h3-6,11H,7-10H2,1-2H3. The lowest BCUT2D eigenvalue weighted by atomic mass is 10.1. The summed E-state index contributed by atoms with van der Waals surface area (Å²) in [6.45, 7) is 8.04. The molecule has 0 spiro atoms. The van der Waals surface area contributed by atoms with Gasteiger partial charge in [-0.1, -0.05) is 12.1 Å². The van der Waals surface area contributed by atoms with Gasteiger partial charge in [-0.15, -0.1) is 0 Å². The van der Waals surface area contributed by atoms with Crippen LogP contribution in [0.3, 0.4) is 0 Å². The summed E-state index contributed by atoms with van der Waals surface area (Å²) in [6.07, 6.45) is 0. The number of rotatable bonds is 2. The minimum Gasteiger partial charge on any atom is -0.336 e. The maximum atomic E-state index is 12.4. The highest BCUT2D eigenvalue weighted by atomic mass is 127. The van der Waals surface area contributed by atoms with Crippen LogP contribution in [0, 0.1) is 3.57 Å². The first-order chi connectivity index (χ1) is 8.59. The van der Waals surface area contributed by atoms with Gasteiger partial charge in [-0.25, -0.2) is 0 Å². The molecule has 18 heavy (non-hydrogen) atoms. The molecule has 0 saturated carbocycles. The number of nitrogens with zero attached hydrogens (tertiary/aromatic N) is 2. The maximum absolute atomic E-state index is 12.4. The zero-order chi connectivity index (χ0) is 13.1. The second-order valence-corrected chi connectivity index (χ2v) is 6.06. The molecule has 0 aliphatic carbocycles. The van der Waals surface area contributed by atoms with E-state index in [0.717, 1.165) is 35.3 Å². The van der Waals surface area contributed by atoms with Crippen LogP contribution >= 0.6 is 22.6 Å². The number of hydrogen-bond acceptors (Lipinski definition) is 2. The van der Waals surface area contributed by atoms with Gasteiger partial charge in [0.05, 0.1) is 5.56 Å². The Kier molecular flexibility index (Phi) is 4.61. The molecule has 1 amide bonds. The van der Waals surface area contributed by atoms with E-state index >= 15 is 0 Å². The van der Waals surface area contributed by atoms with E-state index in [1.54, 1.807) is 0 Å². The first-order valence-electron chi connectivity index (χ1n) is 6.37. The summed E-state index contributed by atoms with van der Waals surface area (Å²) < 4.78 is 1.03. The van der Waals surface area contributed by atoms with Gasteiger partial charge in [0.1, 0.15) is 0 Å². The molecule has 1 aromatic carbocycles. The van der Waals surface area contributed by atoms with E-state index in [4.69, 9.17) is 0 Å². The Morgan fingerprint density at radius 1 is 1.17 bits per heavy atom. The molecular weight excluding hydrogens is 339 g/mol. The fourth-order valence-electron chi connectivity index (χ4n) is 2.25. The Balaban J connectivity index is 2.02. The maximum Gasteiger partial charge on any atom is 0.255 e. The van der Waals surface area contributed by atoms with Crippen molar-refractivity contribution in [2.45, 2.75) is 19.9 Å². The number of halogens is 1. The van der Waals surface area contributed by atoms with Crippen molar-refractivity contribution < 1.29 is 4.79 Å². The Hall–Kier alpha value is -0.620. The molecule has 4 heteroatoms. The zero-order valence-corrected chi connectivity index (χ0v) is 13.1. The molecule has 0 radical (unpaired) electrons. The molecule has 0 bridgehead atoms. The van der Waals surface area contributed by atoms with E-state index in [1.807, 2.05) is 29.2 Å². The molecule has 98 valence electrons. The lowest BCUT2D eigenvalue weighted by Crippen LogP contribution is -2.50. The molecule has 2 rings (SSSR count). The molecule has 1 aliphatic heterocycles. The van der Waals surface area contributed by atoms with Crippen LogP contribution in [0.4, 0.5) is 0 Å². The van der Waals surface area contributed by atoms with Crippen LogP contribution in [0.2, 0.25) is 0 Å². The number of benzene rings is 1. The molecular formula is C14H19IN2O. The van der Waals surface area contributed by atoms with Crippen molar-refractivity contribution in [2.75, 3.05) is 26.2 Å². The highest BCUT2D eigenvalue weighted by molar-refractivity contribution is 14.1. The van der Waals surface area contributed by atoms with Crippen molar-refractivity contribution in [1.82, 2.24) is 9.80 Å². The van der Waals surface area contributed by atoms with Crippen molar-refractivity contribution in [1.29, 1.82) is 0 Å². The molecule has 0 N–H and O–H groups in total. The van der Waals surface area contributed by atoms with Crippen molar-refractivity contribution in [2.24, 2.45) is 0 Å². The van der Waals surface area contributed by atoms with E-state index in [-0.39, 0.29) is 5.91 Å². The average molecular weight is 358 g/mol. The molecule has 1 saturated heterocycles. The first kappa shape index (κ1) is 13.8. The van der Waals surface area contributed by atoms with Crippen molar-refractivity contribution in [3.8, 4) is 0 Å². The largest absolute Gasteiger partial charge is 0.336 e. The quantitative estimate of drug-likeness (QED) is 0.759. The number of piperazine rings is 1. The lowest BCUT2D eigenvalue weighted by Gasteiger charge is -2.37. The molecule has 0 atom stereocenters. The summed E-state index contributed by atoms with van der Waals surface area (Å²) in [7, 11) is 0. The molecule has 1 aliphatic rings. The third-order valence-electron chi connectivity index (χ3n) is 3.44. The van der Waals surface area contributed by atoms with E-state index in [1.165, 1.54) is 0 Å². The topological polar surface area (TPSA) is 23.6 Å². The third kappa shape index (κ3) is 3.03. The molecule has 3 nitrogen and oxygen atoms in total. The highest BCUT2D eigenvalue weighted by Crippen LogP contribution is 2.15. The Morgan fingerprint density at radius 2 is 1.78 bits per heavy atom. The second-order valence-electron chi connectivity index (χ2n) is 4.90. The smallest absolute Gasteiger partial charge is 0.255 e. The van der Waals surface area contributed by atoms with Gasteiger partial charge < -0.3 is 4.90 Å². The van der Waals surface area contributed by atoms with Crippen molar-refractivity contribution >= 4 is 28.5 Å². The fraction of sp³-hybridized carbons (Fsp3) is 0.500. The number of hydrogen-bond donors (Lipinski definition) is 0. The van der Waals surface area contributed by atoms with Crippen LogP contribution in [0.25, 0.3) is 0 Å². The Morgan fingerprint density at radius 3 is 2.33 bits per heavy atom. The van der Waals surface area contributed by atoms with Gasteiger partial charge in [0.15, 0.2) is 0 Å². The van der Waals surface area contributed by atoms with E-state index in [0.29, 0.717) is 6.04 Å². The number of carbonyl (C=O) groups excluding carboxylic acids is 1. The summed E-state index contributed by atoms with van der Waals surface area (Å²) in [4.78, 5) is 16.8. The van der Waals surface area contributed by atoms with E-state index < -0.39 is 0 Å². The minimum atomic E-state index is 0.170. The van der Waals surface area contributed by atoms with Gasteiger partial charge >= 0.3 is 0 Å². The monoisotopic (exact) mass is 358 g/mol. The predicted octanol–water partition coefficient (Wildman–Crippen LogP) is 2.46. The SMILES string of the molecule is CC(C)N1CCN(C(=O)c2ccccc2I)CC1. The van der Waals surface area contributed by atoms with Gasteiger partial charge in [0.2, 0.25) is 0 Å². The van der Waals surface area contributed by atoms with Crippen LogP contribution in [0.5, 0.6) is 0 Å². The highest BCUT2D eigenvalue weighted by Gasteiger charge is 2.24. The van der Waals surface area contributed by atoms with Gasteiger partial charge in [0.25, 0.3) is 5.91 Å². The molecule has 1 heterocycles. The zero-order valence-electron chi connectivity index (χ0n) is 10.9. The van der Waals surface area contributed by atoms with E-state index in [9.17, 15) is 4.79 Å². The first-order valence-corrected chi connectivity index (χ1v) is 7.45. The predicted molar refractivity (Wildman–Crippen MR) is 81.8 cm³/mol. The molecule has 0 unspecified atom stereocenters. The molecule has 1 fully saturated rings. The van der Waals surface area contributed by atoms with Crippen LogP contribution < -0.4 is 0 Å². The van der Waals surface area contributed by atoms with Crippen LogP contribution in [-0.2, 0) is 0 Å². The third-order valence-corrected chi connectivity index (χ3v) is 4.38. The summed E-state index contributed by atoms with van der Waals surface area (Å²) in [5.74, 6) is 0.170. The van der Waals surface area contributed by atoms with Gasteiger partial charge in [-0.05, 0) is 48.6 Å². The number of carbonyl (C=O) groups is 1. The molecule has 1 aromatic rings. The molecule has 0 aromatic heterocycles. The van der Waals surface area contributed by atoms with Crippen molar-refractivity contribution in [3.05, 3.63) is 33.4 Å². The normalized spacial score (nSPS) is 17.2. The number of amides is 1. The van der Waals surface area contributed by atoms with Gasteiger partial charge in [0, 0.05) is 35.8 Å². The minimum absolute atomic E-state index is 0.170. The summed E-state index contributed by atoms with van der Waals surface area (Å²) in [5.41, 5.74) is 0.830. The summed E-state index contributed by atoms with van der Waals surface area (Å²) in [6, 6.07) is 8.37.